The summed E-state index contributed by atoms with van der Waals surface area (Å²) in [6.45, 7) is 1.44. The van der Waals surface area contributed by atoms with Gasteiger partial charge in [-0.2, -0.15) is 0 Å². The minimum absolute atomic E-state index is 0.0735. The molecule has 1 N–H and O–H groups in total. The summed E-state index contributed by atoms with van der Waals surface area (Å²) in [7, 11) is 1.48. The molecule has 0 aliphatic rings. The molecule has 1 heterocycles. The van der Waals surface area contributed by atoms with Crippen LogP contribution < -0.4 is 5.32 Å². The Morgan fingerprint density at radius 1 is 1.18 bits per heavy atom. The van der Waals surface area contributed by atoms with Crippen molar-refractivity contribution in [2.75, 3.05) is 12.4 Å². The van der Waals surface area contributed by atoms with Gasteiger partial charge >= 0.3 is 5.97 Å². The topological polar surface area (TPSA) is 77.8 Å². The first-order chi connectivity index (χ1) is 13.4. The molecule has 0 fully saturated rings. The van der Waals surface area contributed by atoms with Crippen LogP contribution in [0.15, 0.2) is 46.9 Å². The minimum atomic E-state index is -1.25. The SMILES string of the molecule is COCc1c(C(=O)O[C@H](C)C(=O)Nc2ccc(F)cc2F)oc2ccccc12. The normalized spacial score (nSPS) is 12.0. The molecule has 146 valence electrons. The van der Waals surface area contributed by atoms with Gasteiger partial charge in [0, 0.05) is 24.1 Å². The average Bonchev–Trinajstić information content (AvgIpc) is 3.03. The van der Waals surface area contributed by atoms with Crippen LogP contribution in [0.1, 0.15) is 23.0 Å². The predicted octanol–water partition coefficient (Wildman–Crippen LogP) is 4.04. The molecule has 2 aromatic carbocycles. The van der Waals surface area contributed by atoms with Gasteiger partial charge in [-0.3, -0.25) is 4.79 Å². The van der Waals surface area contributed by atoms with E-state index in [0.717, 1.165) is 12.1 Å². The van der Waals surface area contributed by atoms with Crippen LogP contribution >= 0.6 is 0 Å². The summed E-state index contributed by atoms with van der Waals surface area (Å²) in [5, 5.41) is 2.94. The molecule has 3 rings (SSSR count). The molecule has 1 amide bonds. The van der Waals surface area contributed by atoms with Crippen LogP contribution in [0.25, 0.3) is 11.0 Å². The number of methoxy groups -OCH3 is 1. The molecule has 0 saturated heterocycles. The first kappa shape index (κ1) is 19.5. The molecule has 6 nitrogen and oxygen atoms in total. The lowest BCUT2D eigenvalue weighted by molar-refractivity contribution is -0.123. The van der Waals surface area contributed by atoms with E-state index in [-0.39, 0.29) is 18.1 Å². The second kappa shape index (κ2) is 8.18. The number of carbonyl (C=O) groups is 2. The minimum Gasteiger partial charge on any atom is -0.449 e. The number of benzene rings is 2. The summed E-state index contributed by atoms with van der Waals surface area (Å²) in [5.74, 6) is -3.42. The molecular formula is C20H17F2NO5. The van der Waals surface area contributed by atoms with E-state index in [4.69, 9.17) is 13.9 Å². The number of para-hydroxylation sites is 1. The highest BCUT2D eigenvalue weighted by atomic mass is 19.1. The predicted molar refractivity (Wildman–Crippen MR) is 96.8 cm³/mol. The van der Waals surface area contributed by atoms with Crippen molar-refractivity contribution in [2.24, 2.45) is 0 Å². The highest BCUT2D eigenvalue weighted by Gasteiger charge is 2.26. The third-order valence-corrected chi connectivity index (χ3v) is 4.01. The van der Waals surface area contributed by atoms with Crippen LogP contribution in [-0.2, 0) is 20.9 Å². The fraction of sp³-hybridized carbons (Fsp3) is 0.200. The Labute approximate surface area is 159 Å². The second-order valence-electron chi connectivity index (χ2n) is 6.00. The Morgan fingerprint density at radius 2 is 1.93 bits per heavy atom. The van der Waals surface area contributed by atoms with Crippen LogP contribution in [0.2, 0.25) is 0 Å². The van der Waals surface area contributed by atoms with E-state index >= 15 is 0 Å². The molecule has 0 spiro atoms. The number of carbonyl (C=O) groups excluding carboxylic acids is 2. The monoisotopic (exact) mass is 389 g/mol. The number of furan rings is 1. The molecule has 3 aromatic rings. The van der Waals surface area contributed by atoms with Crippen molar-refractivity contribution in [2.45, 2.75) is 19.6 Å². The molecule has 0 aliphatic carbocycles. The lowest BCUT2D eigenvalue weighted by Gasteiger charge is -2.13. The number of fused-ring (bicyclic) bond motifs is 1. The number of hydrogen-bond acceptors (Lipinski definition) is 5. The second-order valence-corrected chi connectivity index (χ2v) is 6.00. The summed E-state index contributed by atoms with van der Waals surface area (Å²) in [6.07, 6.45) is -1.25. The molecule has 0 unspecified atom stereocenters. The maximum Gasteiger partial charge on any atom is 0.375 e. The molecule has 1 atom stereocenters. The van der Waals surface area contributed by atoms with Crippen LogP contribution in [0.5, 0.6) is 0 Å². The molecule has 0 bridgehead atoms. The number of hydrogen-bond donors (Lipinski definition) is 1. The highest BCUT2D eigenvalue weighted by Crippen LogP contribution is 2.27. The van der Waals surface area contributed by atoms with E-state index in [9.17, 15) is 18.4 Å². The van der Waals surface area contributed by atoms with Crippen molar-refractivity contribution in [1.29, 1.82) is 0 Å². The lowest BCUT2D eigenvalue weighted by Crippen LogP contribution is -2.30. The molecule has 28 heavy (non-hydrogen) atoms. The van der Waals surface area contributed by atoms with E-state index in [0.29, 0.717) is 22.6 Å². The molecule has 0 aliphatic heterocycles. The van der Waals surface area contributed by atoms with Crippen molar-refractivity contribution in [1.82, 2.24) is 0 Å². The Morgan fingerprint density at radius 3 is 2.64 bits per heavy atom. The first-order valence-corrected chi connectivity index (χ1v) is 8.37. The number of anilines is 1. The first-order valence-electron chi connectivity index (χ1n) is 8.37. The number of esters is 1. The Kier molecular flexibility index (Phi) is 5.70. The van der Waals surface area contributed by atoms with Crippen LogP contribution in [0.3, 0.4) is 0 Å². The van der Waals surface area contributed by atoms with E-state index < -0.39 is 29.6 Å². The fourth-order valence-corrected chi connectivity index (χ4v) is 2.64. The third kappa shape index (κ3) is 4.01. The van der Waals surface area contributed by atoms with Crippen LogP contribution in [0.4, 0.5) is 14.5 Å². The average molecular weight is 389 g/mol. The van der Waals surface area contributed by atoms with Gasteiger partial charge in [0.05, 0.1) is 12.3 Å². The lowest BCUT2D eigenvalue weighted by atomic mass is 10.1. The van der Waals surface area contributed by atoms with Gasteiger partial charge < -0.3 is 19.2 Å². The van der Waals surface area contributed by atoms with Crippen molar-refractivity contribution < 1.29 is 32.3 Å². The van der Waals surface area contributed by atoms with E-state index in [2.05, 4.69) is 5.32 Å². The van der Waals surface area contributed by atoms with Gasteiger partial charge in [-0.15, -0.1) is 0 Å². The molecular weight excluding hydrogens is 372 g/mol. The molecule has 0 radical (unpaired) electrons. The maximum atomic E-state index is 13.7. The van der Waals surface area contributed by atoms with Gasteiger partial charge in [-0.1, -0.05) is 18.2 Å². The highest BCUT2D eigenvalue weighted by molar-refractivity contribution is 5.99. The summed E-state index contributed by atoms with van der Waals surface area (Å²) >= 11 is 0. The smallest absolute Gasteiger partial charge is 0.375 e. The van der Waals surface area contributed by atoms with Crippen LogP contribution in [-0.4, -0.2) is 25.1 Å². The summed E-state index contributed by atoms with van der Waals surface area (Å²) in [6, 6.07) is 9.73. The van der Waals surface area contributed by atoms with Gasteiger partial charge in [0.15, 0.2) is 6.10 Å². The summed E-state index contributed by atoms with van der Waals surface area (Å²) in [5.41, 5.74) is 0.755. The van der Waals surface area contributed by atoms with E-state index in [1.54, 1.807) is 24.3 Å². The summed E-state index contributed by atoms with van der Waals surface area (Å²) in [4.78, 5) is 24.7. The molecule has 8 heteroatoms. The van der Waals surface area contributed by atoms with E-state index in [1.165, 1.54) is 14.0 Å². The zero-order valence-corrected chi connectivity index (χ0v) is 15.1. The standard InChI is InChI=1S/C20H17F2NO5/c1-11(19(24)23-16-8-7-12(21)9-15(16)22)27-20(25)18-14(10-26-2)13-5-3-4-6-17(13)28-18/h3-9,11H,10H2,1-2H3,(H,23,24)/t11-/m1/s1. The fourth-order valence-electron chi connectivity index (χ4n) is 2.64. The van der Waals surface area contributed by atoms with Crippen molar-refractivity contribution in [3.63, 3.8) is 0 Å². The summed E-state index contributed by atoms with van der Waals surface area (Å²) < 4.78 is 42.4. The molecule has 1 aromatic heterocycles. The van der Waals surface area contributed by atoms with Crippen molar-refractivity contribution >= 4 is 28.5 Å². The van der Waals surface area contributed by atoms with Gasteiger partial charge in [-0.25, -0.2) is 13.6 Å². The number of amides is 1. The number of nitrogens with one attached hydrogen (secondary N) is 1. The third-order valence-electron chi connectivity index (χ3n) is 4.01. The van der Waals surface area contributed by atoms with Crippen LogP contribution in [0, 0.1) is 11.6 Å². The Balaban J connectivity index is 1.76. The van der Waals surface area contributed by atoms with Gasteiger partial charge in [0.2, 0.25) is 5.76 Å². The van der Waals surface area contributed by atoms with Gasteiger partial charge in [0.1, 0.15) is 17.2 Å². The zero-order valence-electron chi connectivity index (χ0n) is 15.1. The number of ether oxygens (including phenoxy) is 2. The van der Waals surface area contributed by atoms with Crippen molar-refractivity contribution in [3.8, 4) is 0 Å². The Hall–Kier alpha value is -3.26. The van der Waals surface area contributed by atoms with E-state index in [1.807, 2.05) is 0 Å². The Bertz CT molecular complexity index is 1030. The number of rotatable bonds is 6. The zero-order chi connectivity index (χ0) is 20.3. The van der Waals surface area contributed by atoms with Gasteiger partial charge in [-0.05, 0) is 25.1 Å². The van der Waals surface area contributed by atoms with Crippen molar-refractivity contribution in [3.05, 3.63) is 65.4 Å². The molecule has 0 saturated carbocycles. The van der Waals surface area contributed by atoms with Gasteiger partial charge in [0.25, 0.3) is 5.91 Å². The number of halogens is 2. The largest absolute Gasteiger partial charge is 0.449 e. The quantitative estimate of drug-likeness (QED) is 0.644. The maximum absolute atomic E-state index is 13.7.